The molecule has 0 atom stereocenters. The van der Waals surface area contributed by atoms with Crippen LogP contribution < -0.4 is 0 Å². The summed E-state index contributed by atoms with van der Waals surface area (Å²) in [6.07, 6.45) is 0. The molecule has 0 fully saturated rings. The molecular formula is C16H13NO2S2. The van der Waals surface area contributed by atoms with E-state index in [9.17, 15) is 8.42 Å². The van der Waals surface area contributed by atoms with E-state index in [1.165, 1.54) is 11.3 Å². The standard InChI is InChI=1S/C16H13NO2S2/c18-21(19,15-9-5-2-6-10-15)12-14-11-20-16(17-14)13-7-3-1-4-8-13/h1-11H,12H2. The van der Waals surface area contributed by atoms with Crippen LogP contribution in [0.3, 0.4) is 0 Å². The summed E-state index contributed by atoms with van der Waals surface area (Å²) in [5.74, 6) is -0.0691. The molecule has 0 aliphatic carbocycles. The Morgan fingerprint density at radius 1 is 0.905 bits per heavy atom. The zero-order valence-electron chi connectivity index (χ0n) is 11.1. The molecular weight excluding hydrogens is 302 g/mol. The Balaban J connectivity index is 1.85. The Hall–Kier alpha value is -1.98. The van der Waals surface area contributed by atoms with Crippen LogP contribution in [0, 0.1) is 0 Å². The van der Waals surface area contributed by atoms with Crippen molar-refractivity contribution in [3.8, 4) is 10.6 Å². The first-order valence-electron chi connectivity index (χ1n) is 6.43. The molecule has 0 radical (unpaired) electrons. The average molecular weight is 315 g/mol. The fourth-order valence-corrected chi connectivity index (χ4v) is 4.20. The molecule has 0 saturated heterocycles. The number of benzene rings is 2. The molecule has 0 N–H and O–H groups in total. The Morgan fingerprint density at radius 3 is 2.19 bits per heavy atom. The first-order chi connectivity index (χ1) is 10.1. The van der Waals surface area contributed by atoms with Crippen LogP contribution in [-0.4, -0.2) is 13.4 Å². The minimum atomic E-state index is -3.34. The van der Waals surface area contributed by atoms with Gasteiger partial charge in [-0.1, -0.05) is 48.5 Å². The number of rotatable bonds is 4. The number of aromatic nitrogens is 1. The Kier molecular flexibility index (Phi) is 3.86. The van der Waals surface area contributed by atoms with Crippen LogP contribution in [0.2, 0.25) is 0 Å². The quantitative estimate of drug-likeness (QED) is 0.736. The molecule has 0 amide bonds. The van der Waals surface area contributed by atoms with Crippen LogP contribution in [0.25, 0.3) is 10.6 Å². The van der Waals surface area contributed by atoms with E-state index in [1.54, 1.807) is 30.3 Å². The average Bonchev–Trinajstić information content (AvgIpc) is 2.97. The lowest BCUT2D eigenvalue weighted by Crippen LogP contribution is -2.04. The highest BCUT2D eigenvalue weighted by atomic mass is 32.2. The van der Waals surface area contributed by atoms with Crippen molar-refractivity contribution >= 4 is 21.2 Å². The van der Waals surface area contributed by atoms with Crippen LogP contribution in [0.5, 0.6) is 0 Å². The van der Waals surface area contributed by atoms with Crippen LogP contribution in [0.4, 0.5) is 0 Å². The lowest BCUT2D eigenvalue weighted by atomic mass is 10.2. The fourth-order valence-electron chi connectivity index (χ4n) is 1.99. The van der Waals surface area contributed by atoms with Gasteiger partial charge < -0.3 is 0 Å². The molecule has 0 aliphatic rings. The van der Waals surface area contributed by atoms with Gasteiger partial charge in [0.15, 0.2) is 9.84 Å². The van der Waals surface area contributed by atoms with Crippen LogP contribution in [-0.2, 0) is 15.6 Å². The Labute approximate surface area is 127 Å². The largest absolute Gasteiger partial charge is 0.240 e. The third kappa shape index (κ3) is 3.20. The molecule has 0 aliphatic heterocycles. The van der Waals surface area contributed by atoms with Gasteiger partial charge in [-0.2, -0.15) is 0 Å². The monoisotopic (exact) mass is 315 g/mol. The van der Waals surface area contributed by atoms with E-state index in [-0.39, 0.29) is 5.75 Å². The lowest BCUT2D eigenvalue weighted by molar-refractivity contribution is 0.595. The van der Waals surface area contributed by atoms with E-state index in [1.807, 2.05) is 35.7 Å². The SMILES string of the molecule is O=S(=O)(Cc1csc(-c2ccccc2)n1)c1ccccc1. The summed E-state index contributed by atoms with van der Waals surface area (Å²) in [7, 11) is -3.34. The zero-order valence-corrected chi connectivity index (χ0v) is 12.8. The minimum Gasteiger partial charge on any atom is -0.240 e. The van der Waals surface area contributed by atoms with Gasteiger partial charge in [0.25, 0.3) is 0 Å². The normalized spacial score (nSPS) is 11.4. The van der Waals surface area contributed by atoms with Crippen molar-refractivity contribution in [2.75, 3.05) is 0 Å². The first-order valence-corrected chi connectivity index (χ1v) is 8.96. The summed E-state index contributed by atoms with van der Waals surface area (Å²) < 4.78 is 24.6. The Morgan fingerprint density at radius 2 is 1.52 bits per heavy atom. The summed E-state index contributed by atoms with van der Waals surface area (Å²) in [5, 5.41) is 2.65. The minimum absolute atomic E-state index is 0.0691. The third-order valence-corrected chi connectivity index (χ3v) is 5.62. The number of hydrogen-bond acceptors (Lipinski definition) is 4. The maximum Gasteiger partial charge on any atom is 0.184 e. The van der Waals surface area contributed by atoms with E-state index in [4.69, 9.17) is 0 Å². The van der Waals surface area contributed by atoms with E-state index in [0.29, 0.717) is 10.6 Å². The van der Waals surface area contributed by atoms with E-state index < -0.39 is 9.84 Å². The molecule has 106 valence electrons. The maximum atomic E-state index is 12.3. The summed E-state index contributed by atoms with van der Waals surface area (Å²) in [6, 6.07) is 18.2. The summed E-state index contributed by atoms with van der Waals surface area (Å²) in [6.45, 7) is 0. The number of thiazole rings is 1. The van der Waals surface area contributed by atoms with Crippen molar-refractivity contribution < 1.29 is 8.42 Å². The molecule has 3 rings (SSSR count). The predicted octanol–water partition coefficient (Wildman–Crippen LogP) is 3.78. The smallest absolute Gasteiger partial charge is 0.184 e. The molecule has 0 saturated carbocycles. The lowest BCUT2D eigenvalue weighted by Gasteiger charge is -2.01. The molecule has 1 aromatic heterocycles. The molecule has 2 aromatic carbocycles. The van der Waals surface area contributed by atoms with Crippen molar-refractivity contribution in [1.29, 1.82) is 0 Å². The van der Waals surface area contributed by atoms with E-state index in [2.05, 4.69) is 4.98 Å². The molecule has 0 bridgehead atoms. The fraction of sp³-hybridized carbons (Fsp3) is 0.0625. The molecule has 0 unspecified atom stereocenters. The number of sulfone groups is 1. The number of nitrogens with zero attached hydrogens (tertiary/aromatic N) is 1. The van der Waals surface area contributed by atoms with Crippen molar-refractivity contribution in [2.45, 2.75) is 10.6 Å². The Bertz CT molecular complexity index is 825. The van der Waals surface area contributed by atoms with E-state index in [0.717, 1.165) is 10.6 Å². The predicted molar refractivity (Wildman–Crippen MR) is 84.9 cm³/mol. The van der Waals surface area contributed by atoms with Gasteiger partial charge in [0.1, 0.15) is 5.01 Å². The van der Waals surface area contributed by atoms with Gasteiger partial charge in [-0.05, 0) is 12.1 Å². The molecule has 5 heteroatoms. The summed E-state index contributed by atoms with van der Waals surface area (Å²) in [5.41, 5.74) is 1.59. The zero-order chi connectivity index (χ0) is 14.7. The highest BCUT2D eigenvalue weighted by molar-refractivity contribution is 7.90. The second kappa shape index (κ2) is 5.79. The molecule has 21 heavy (non-hydrogen) atoms. The molecule has 0 spiro atoms. The van der Waals surface area contributed by atoms with Gasteiger partial charge in [0, 0.05) is 10.9 Å². The first kappa shape index (κ1) is 14.0. The molecule has 1 heterocycles. The molecule has 3 nitrogen and oxygen atoms in total. The van der Waals surface area contributed by atoms with Crippen molar-refractivity contribution in [3.05, 3.63) is 71.7 Å². The number of hydrogen-bond donors (Lipinski definition) is 0. The van der Waals surface area contributed by atoms with Crippen LogP contribution in [0.1, 0.15) is 5.69 Å². The van der Waals surface area contributed by atoms with Crippen LogP contribution >= 0.6 is 11.3 Å². The second-order valence-corrected chi connectivity index (χ2v) is 7.43. The highest BCUT2D eigenvalue weighted by Gasteiger charge is 2.17. The summed E-state index contributed by atoms with van der Waals surface area (Å²) >= 11 is 1.46. The van der Waals surface area contributed by atoms with Crippen molar-refractivity contribution in [2.24, 2.45) is 0 Å². The van der Waals surface area contributed by atoms with Crippen molar-refractivity contribution in [3.63, 3.8) is 0 Å². The summed E-state index contributed by atoms with van der Waals surface area (Å²) in [4.78, 5) is 4.76. The third-order valence-electron chi connectivity index (χ3n) is 3.01. The van der Waals surface area contributed by atoms with E-state index >= 15 is 0 Å². The highest BCUT2D eigenvalue weighted by Crippen LogP contribution is 2.25. The molecule has 3 aromatic rings. The van der Waals surface area contributed by atoms with Gasteiger partial charge in [0.2, 0.25) is 0 Å². The second-order valence-electron chi connectivity index (χ2n) is 4.58. The topological polar surface area (TPSA) is 47.0 Å². The van der Waals surface area contributed by atoms with Gasteiger partial charge >= 0.3 is 0 Å². The van der Waals surface area contributed by atoms with Gasteiger partial charge in [0.05, 0.1) is 16.3 Å². The van der Waals surface area contributed by atoms with Gasteiger partial charge in [-0.25, -0.2) is 13.4 Å². The van der Waals surface area contributed by atoms with Crippen molar-refractivity contribution in [1.82, 2.24) is 4.98 Å². The van der Waals surface area contributed by atoms with Gasteiger partial charge in [-0.15, -0.1) is 11.3 Å². The van der Waals surface area contributed by atoms with Gasteiger partial charge in [-0.3, -0.25) is 0 Å². The van der Waals surface area contributed by atoms with Crippen LogP contribution in [0.15, 0.2) is 70.9 Å². The maximum absolute atomic E-state index is 12.3.